The Morgan fingerprint density at radius 2 is 2.20 bits per heavy atom. The standard InChI is InChI=1S/C15H13N3O2/c1-11-9-13(6-7-16-11)18-15(20)14-5-4-12(10-17-14)3-2-8-19/h4-7,9-10,19H,8H2,1H3,(H,16,18,20). The van der Waals surface area contributed by atoms with Gasteiger partial charge in [-0.3, -0.25) is 9.78 Å². The number of anilines is 1. The van der Waals surface area contributed by atoms with Crippen molar-refractivity contribution in [2.45, 2.75) is 6.92 Å². The fourth-order valence-electron chi connectivity index (χ4n) is 1.56. The first kappa shape index (κ1) is 13.7. The monoisotopic (exact) mass is 267 g/mol. The highest BCUT2D eigenvalue weighted by Gasteiger charge is 2.07. The number of hydrogen-bond donors (Lipinski definition) is 2. The number of aliphatic hydroxyl groups excluding tert-OH is 1. The maximum atomic E-state index is 12.0. The normalized spacial score (nSPS) is 9.50. The maximum absolute atomic E-state index is 12.0. The fraction of sp³-hybridized carbons (Fsp3) is 0.133. The second kappa shape index (κ2) is 6.45. The van der Waals surface area contributed by atoms with Crippen molar-refractivity contribution in [1.29, 1.82) is 0 Å². The lowest BCUT2D eigenvalue weighted by atomic mass is 10.2. The van der Waals surface area contributed by atoms with Crippen LogP contribution in [0.15, 0.2) is 36.7 Å². The minimum atomic E-state index is -0.294. The van der Waals surface area contributed by atoms with E-state index in [0.29, 0.717) is 16.9 Å². The first-order valence-corrected chi connectivity index (χ1v) is 5.99. The van der Waals surface area contributed by atoms with E-state index in [9.17, 15) is 4.79 Å². The molecule has 2 heterocycles. The first-order chi connectivity index (χ1) is 9.69. The van der Waals surface area contributed by atoms with Crippen molar-refractivity contribution in [3.8, 4) is 11.8 Å². The quantitative estimate of drug-likeness (QED) is 0.806. The highest BCUT2D eigenvalue weighted by molar-refractivity contribution is 6.02. The molecule has 2 aromatic heterocycles. The molecule has 0 aliphatic carbocycles. The van der Waals surface area contributed by atoms with E-state index < -0.39 is 0 Å². The van der Waals surface area contributed by atoms with E-state index in [4.69, 9.17) is 5.11 Å². The van der Waals surface area contributed by atoms with Crippen molar-refractivity contribution in [2.24, 2.45) is 0 Å². The zero-order valence-corrected chi connectivity index (χ0v) is 10.9. The number of aryl methyl sites for hydroxylation is 1. The van der Waals surface area contributed by atoms with Crippen LogP contribution in [0.1, 0.15) is 21.7 Å². The molecule has 0 atom stereocenters. The van der Waals surface area contributed by atoms with Crippen LogP contribution < -0.4 is 5.32 Å². The molecule has 0 unspecified atom stereocenters. The first-order valence-electron chi connectivity index (χ1n) is 5.99. The summed E-state index contributed by atoms with van der Waals surface area (Å²) in [6.07, 6.45) is 3.13. The third-order valence-corrected chi connectivity index (χ3v) is 2.46. The van der Waals surface area contributed by atoms with E-state index in [1.54, 1.807) is 30.5 Å². The Morgan fingerprint density at radius 3 is 2.85 bits per heavy atom. The Morgan fingerprint density at radius 1 is 1.35 bits per heavy atom. The molecule has 0 fully saturated rings. The number of hydrogen-bond acceptors (Lipinski definition) is 4. The second-order valence-corrected chi connectivity index (χ2v) is 4.03. The van der Waals surface area contributed by atoms with Gasteiger partial charge in [0.05, 0.1) is 0 Å². The van der Waals surface area contributed by atoms with Crippen LogP contribution in [-0.4, -0.2) is 27.6 Å². The van der Waals surface area contributed by atoms with Crippen LogP contribution in [0.5, 0.6) is 0 Å². The van der Waals surface area contributed by atoms with Crippen LogP contribution in [0, 0.1) is 18.8 Å². The van der Waals surface area contributed by atoms with Crippen molar-refractivity contribution >= 4 is 11.6 Å². The topological polar surface area (TPSA) is 75.1 Å². The van der Waals surface area contributed by atoms with Crippen LogP contribution in [0.4, 0.5) is 5.69 Å². The molecule has 5 nitrogen and oxygen atoms in total. The average Bonchev–Trinajstić information content (AvgIpc) is 2.45. The van der Waals surface area contributed by atoms with Gasteiger partial charge in [0.1, 0.15) is 12.3 Å². The zero-order chi connectivity index (χ0) is 14.4. The smallest absolute Gasteiger partial charge is 0.274 e. The van der Waals surface area contributed by atoms with Crippen LogP contribution >= 0.6 is 0 Å². The third kappa shape index (κ3) is 3.64. The summed E-state index contributed by atoms with van der Waals surface area (Å²) in [7, 11) is 0. The van der Waals surface area contributed by atoms with Gasteiger partial charge in [-0.2, -0.15) is 0 Å². The lowest BCUT2D eigenvalue weighted by molar-refractivity contribution is 0.102. The number of amides is 1. The van der Waals surface area contributed by atoms with Crippen LogP contribution in [0.25, 0.3) is 0 Å². The SMILES string of the molecule is Cc1cc(NC(=O)c2ccc(C#CCO)cn2)ccn1. The van der Waals surface area contributed by atoms with Gasteiger partial charge in [0, 0.05) is 29.3 Å². The highest BCUT2D eigenvalue weighted by atomic mass is 16.2. The van der Waals surface area contributed by atoms with E-state index in [-0.39, 0.29) is 12.5 Å². The molecule has 0 spiro atoms. The number of aromatic nitrogens is 2. The molecule has 2 N–H and O–H groups in total. The molecule has 0 radical (unpaired) electrons. The molecule has 0 aromatic carbocycles. The van der Waals surface area contributed by atoms with Gasteiger partial charge >= 0.3 is 0 Å². The van der Waals surface area contributed by atoms with Crippen molar-refractivity contribution in [2.75, 3.05) is 11.9 Å². The molecule has 0 bridgehead atoms. The number of carbonyl (C=O) groups is 1. The number of nitrogens with one attached hydrogen (secondary N) is 1. The van der Waals surface area contributed by atoms with Gasteiger partial charge in [0.25, 0.3) is 5.91 Å². The summed E-state index contributed by atoms with van der Waals surface area (Å²) >= 11 is 0. The summed E-state index contributed by atoms with van der Waals surface area (Å²) in [6, 6.07) is 6.76. The van der Waals surface area contributed by atoms with Gasteiger partial charge in [-0.1, -0.05) is 11.8 Å². The van der Waals surface area contributed by atoms with Gasteiger partial charge < -0.3 is 10.4 Å². The number of pyridine rings is 2. The van der Waals surface area contributed by atoms with E-state index in [2.05, 4.69) is 27.1 Å². The number of rotatable bonds is 2. The van der Waals surface area contributed by atoms with E-state index in [1.807, 2.05) is 6.92 Å². The predicted octanol–water partition coefficient (Wildman–Crippen LogP) is 1.38. The molecule has 20 heavy (non-hydrogen) atoms. The summed E-state index contributed by atoms with van der Waals surface area (Å²) in [5.74, 6) is 4.94. The van der Waals surface area contributed by atoms with Crippen molar-refractivity contribution in [3.63, 3.8) is 0 Å². The minimum Gasteiger partial charge on any atom is -0.384 e. The molecular weight excluding hydrogens is 254 g/mol. The second-order valence-electron chi connectivity index (χ2n) is 4.03. The molecule has 5 heteroatoms. The molecular formula is C15H13N3O2. The molecule has 0 aliphatic heterocycles. The lowest BCUT2D eigenvalue weighted by Crippen LogP contribution is -2.13. The average molecular weight is 267 g/mol. The van der Waals surface area contributed by atoms with E-state index in [1.165, 1.54) is 6.20 Å². The van der Waals surface area contributed by atoms with Crippen LogP contribution in [0.3, 0.4) is 0 Å². The molecule has 100 valence electrons. The number of aliphatic hydroxyl groups is 1. The van der Waals surface area contributed by atoms with Gasteiger partial charge in [-0.25, -0.2) is 4.98 Å². The summed E-state index contributed by atoms with van der Waals surface area (Å²) < 4.78 is 0. The number of carbonyl (C=O) groups excluding carboxylic acids is 1. The van der Waals surface area contributed by atoms with E-state index >= 15 is 0 Å². The molecule has 2 aromatic rings. The Labute approximate surface area is 116 Å². The Balaban J connectivity index is 2.09. The Bertz CT molecular complexity index is 670. The molecule has 0 saturated carbocycles. The third-order valence-electron chi connectivity index (χ3n) is 2.46. The summed E-state index contributed by atoms with van der Waals surface area (Å²) in [5, 5.41) is 11.3. The highest BCUT2D eigenvalue weighted by Crippen LogP contribution is 2.09. The molecule has 0 saturated heterocycles. The predicted molar refractivity (Wildman–Crippen MR) is 75.1 cm³/mol. The van der Waals surface area contributed by atoms with Crippen molar-refractivity contribution < 1.29 is 9.90 Å². The minimum absolute atomic E-state index is 0.205. The largest absolute Gasteiger partial charge is 0.384 e. The summed E-state index contributed by atoms with van der Waals surface area (Å²) in [6.45, 7) is 1.65. The van der Waals surface area contributed by atoms with Gasteiger partial charge in [0.2, 0.25) is 0 Å². The summed E-state index contributed by atoms with van der Waals surface area (Å²) in [4.78, 5) is 20.1. The molecule has 1 amide bonds. The van der Waals surface area contributed by atoms with Crippen molar-refractivity contribution in [1.82, 2.24) is 9.97 Å². The van der Waals surface area contributed by atoms with Gasteiger partial charge in [0.15, 0.2) is 0 Å². The van der Waals surface area contributed by atoms with Gasteiger partial charge in [-0.15, -0.1) is 0 Å². The van der Waals surface area contributed by atoms with Crippen LogP contribution in [0.2, 0.25) is 0 Å². The Kier molecular flexibility index (Phi) is 4.43. The van der Waals surface area contributed by atoms with Gasteiger partial charge in [-0.05, 0) is 31.2 Å². The molecule has 0 aliphatic rings. The van der Waals surface area contributed by atoms with Crippen LogP contribution in [-0.2, 0) is 0 Å². The van der Waals surface area contributed by atoms with E-state index in [0.717, 1.165) is 5.69 Å². The zero-order valence-electron chi connectivity index (χ0n) is 10.9. The maximum Gasteiger partial charge on any atom is 0.274 e. The Hall–Kier alpha value is -2.71. The fourth-order valence-corrected chi connectivity index (χ4v) is 1.56. The lowest BCUT2D eigenvalue weighted by Gasteiger charge is -2.05. The number of nitrogens with zero attached hydrogens (tertiary/aromatic N) is 2. The summed E-state index contributed by atoms with van der Waals surface area (Å²) in [5.41, 5.74) is 2.45. The molecule has 2 rings (SSSR count). The van der Waals surface area contributed by atoms with Crippen molar-refractivity contribution in [3.05, 3.63) is 53.6 Å².